The van der Waals surface area contributed by atoms with Gasteiger partial charge in [0.15, 0.2) is 0 Å². The van der Waals surface area contributed by atoms with Gasteiger partial charge in [0.05, 0.1) is 10.8 Å². The van der Waals surface area contributed by atoms with Crippen LogP contribution in [0.3, 0.4) is 0 Å². The van der Waals surface area contributed by atoms with Gasteiger partial charge in [-0.2, -0.15) is 8.78 Å². The molecule has 13 aliphatic carbocycles. The first-order valence-electron chi connectivity index (χ1n) is 20.7. The highest BCUT2D eigenvalue weighted by Gasteiger charge is 2.66. The van der Waals surface area contributed by atoms with Crippen molar-refractivity contribution >= 4 is 29.5 Å². The van der Waals surface area contributed by atoms with Crippen molar-refractivity contribution in [2.24, 2.45) is 74.9 Å². The van der Waals surface area contributed by atoms with Crippen molar-refractivity contribution < 1.29 is 47.0 Å². The Kier molecular flexibility index (Phi) is 7.29. The van der Waals surface area contributed by atoms with Crippen LogP contribution in [0.1, 0.15) is 129 Å². The van der Waals surface area contributed by atoms with Gasteiger partial charge in [-0.3, -0.25) is 19.2 Å². The van der Waals surface area contributed by atoms with Crippen LogP contribution in [-0.4, -0.2) is 54.2 Å². The summed E-state index contributed by atoms with van der Waals surface area (Å²) in [5.74, 6) is -3.02. The van der Waals surface area contributed by atoms with Crippen LogP contribution in [0.5, 0.6) is 0 Å². The Morgan fingerprint density at radius 3 is 1.46 bits per heavy atom. The summed E-state index contributed by atoms with van der Waals surface area (Å²) in [5, 5.41) is 0. The van der Waals surface area contributed by atoms with E-state index in [2.05, 4.69) is 0 Å². The summed E-state index contributed by atoms with van der Waals surface area (Å²) in [4.78, 5) is 66.4. The molecular weight excluding hydrogens is 670 g/mol. The maximum absolute atomic E-state index is 14.1. The maximum Gasteiger partial charge on any atom is 0.377 e. The van der Waals surface area contributed by atoms with Gasteiger partial charge in [-0.1, -0.05) is 0 Å². The molecule has 8 nitrogen and oxygen atoms in total. The standard InChI is InChI=1S/C42H54F2O8/c1-37(43,44)34(47)52-41-14-25-10-30(19-41)42(31(11-25)20-41)4-2-38(3-5-42,21-50-35(48)39-12-23-6-26(15-39)32(45)27(7-23)16-39)22-51-36(49)40-13-24-8-28(17-40)33(46)29(9-24)18-40/h23-31H,2-22H2,1H3. The summed E-state index contributed by atoms with van der Waals surface area (Å²) in [6.07, 6.45) is 14.7. The van der Waals surface area contributed by atoms with E-state index in [0.717, 1.165) is 77.0 Å². The quantitative estimate of drug-likeness (QED) is 0.191. The minimum Gasteiger partial charge on any atom is -0.465 e. The van der Waals surface area contributed by atoms with Crippen LogP contribution in [0.25, 0.3) is 0 Å². The molecule has 0 aromatic heterocycles. The lowest BCUT2D eigenvalue weighted by molar-refractivity contribution is -0.239. The molecule has 13 rings (SSSR count). The van der Waals surface area contributed by atoms with Crippen molar-refractivity contribution in [1.29, 1.82) is 0 Å². The molecule has 13 saturated carbocycles. The molecule has 13 aliphatic rings. The van der Waals surface area contributed by atoms with Crippen LogP contribution < -0.4 is 0 Å². The number of hydrogen-bond acceptors (Lipinski definition) is 8. The summed E-state index contributed by atoms with van der Waals surface area (Å²) >= 11 is 0. The van der Waals surface area contributed by atoms with E-state index in [1.165, 1.54) is 0 Å². The molecule has 0 saturated heterocycles. The third kappa shape index (κ3) is 5.02. The molecule has 13 fully saturated rings. The molecule has 6 atom stereocenters. The van der Waals surface area contributed by atoms with E-state index in [-0.39, 0.29) is 66.1 Å². The van der Waals surface area contributed by atoms with Crippen molar-refractivity contribution in [3.8, 4) is 0 Å². The molecule has 0 aromatic carbocycles. The Morgan fingerprint density at radius 1 is 0.615 bits per heavy atom. The summed E-state index contributed by atoms with van der Waals surface area (Å²) in [5.41, 5.74) is -2.54. The van der Waals surface area contributed by atoms with Crippen molar-refractivity contribution in [1.82, 2.24) is 0 Å². The van der Waals surface area contributed by atoms with Gasteiger partial charge in [-0.05, 0) is 157 Å². The van der Waals surface area contributed by atoms with E-state index in [0.29, 0.717) is 81.2 Å². The van der Waals surface area contributed by atoms with Crippen LogP contribution in [0, 0.1) is 74.9 Å². The molecule has 6 unspecified atom stereocenters. The Balaban J connectivity index is 0.873. The summed E-state index contributed by atoms with van der Waals surface area (Å²) in [6, 6.07) is 0. The zero-order valence-electron chi connectivity index (χ0n) is 30.6. The Hall–Kier alpha value is -2.39. The lowest BCUT2D eigenvalue weighted by atomic mass is 9.40. The van der Waals surface area contributed by atoms with E-state index in [4.69, 9.17) is 14.2 Å². The number of halogens is 2. The Morgan fingerprint density at radius 2 is 1.04 bits per heavy atom. The number of Topliss-reactive ketones (excluding diaryl/α,β-unsaturated/α-hetero) is 2. The lowest BCUT2D eigenvalue weighted by Gasteiger charge is -2.67. The molecule has 0 heterocycles. The van der Waals surface area contributed by atoms with Gasteiger partial charge in [0, 0.05) is 36.0 Å². The predicted octanol–water partition coefficient (Wildman–Crippen LogP) is 7.19. The number of esters is 3. The second-order valence-corrected chi connectivity index (χ2v) is 20.7. The van der Waals surface area contributed by atoms with E-state index >= 15 is 0 Å². The number of rotatable bonds is 8. The molecule has 284 valence electrons. The smallest absolute Gasteiger partial charge is 0.377 e. The fourth-order valence-corrected chi connectivity index (χ4v) is 15.7. The highest BCUT2D eigenvalue weighted by atomic mass is 19.3. The highest BCUT2D eigenvalue weighted by molar-refractivity contribution is 5.90. The first-order valence-corrected chi connectivity index (χ1v) is 20.7. The average Bonchev–Trinajstić information content (AvgIpc) is 3.09. The fourth-order valence-electron chi connectivity index (χ4n) is 15.7. The SMILES string of the molecule is CC(F)(F)C(=O)OC12CC3CC(C1)C1(CCC(COC(=O)C45CC6CC(C4)C(=O)C(C6)C5)(COC(=O)C45CC6CC(C4)C(=O)C(C6)C5)CC1)C(C3)C2. The van der Waals surface area contributed by atoms with Gasteiger partial charge < -0.3 is 14.2 Å². The molecule has 0 aliphatic heterocycles. The van der Waals surface area contributed by atoms with Crippen molar-refractivity contribution in [2.45, 2.75) is 140 Å². The minimum atomic E-state index is -3.52. The number of hydrogen-bond donors (Lipinski definition) is 0. The first kappa shape index (κ1) is 34.1. The van der Waals surface area contributed by atoms with Crippen molar-refractivity contribution in [3.05, 3.63) is 0 Å². The maximum atomic E-state index is 14.1. The third-order valence-electron chi connectivity index (χ3n) is 17.5. The zero-order chi connectivity index (χ0) is 36.1. The van der Waals surface area contributed by atoms with E-state index < -0.39 is 33.7 Å². The number of carbonyl (C=O) groups is 5. The molecule has 0 amide bonds. The van der Waals surface area contributed by atoms with Crippen LogP contribution in [0.2, 0.25) is 0 Å². The molecule has 0 aromatic rings. The van der Waals surface area contributed by atoms with Gasteiger partial charge >= 0.3 is 23.8 Å². The molecule has 0 N–H and O–H groups in total. The fraction of sp³-hybridized carbons (Fsp3) is 0.881. The number of ether oxygens (including phenoxy) is 3. The normalized spacial score (nSPS) is 50.6. The summed E-state index contributed by atoms with van der Waals surface area (Å²) < 4.78 is 46.4. The van der Waals surface area contributed by atoms with E-state index in [1.807, 2.05) is 0 Å². The topological polar surface area (TPSA) is 113 Å². The number of ketones is 2. The minimum absolute atomic E-state index is 0.000344. The Labute approximate surface area is 304 Å². The van der Waals surface area contributed by atoms with Gasteiger partial charge in [0.1, 0.15) is 30.4 Å². The molecule has 1 spiro atoms. The molecule has 52 heavy (non-hydrogen) atoms. The van der Waals surface area contributed by atoms with Gasteiger partial charge in [-0.25, -0.2) is 4.79 Å². The number of carbonyl (C=O) groups excluding carboxylic acids is 5. The monoisotopic (exact) mass is 724 g/mol. The first-order chi connectivity index (χ1) is 24.6. The third-order valence-corrected chi connectivity index (χ3v) is 17.5. The van der Waals surface area contributed by atoms with Crippen LogP contribution in [-0.2, 0) is 38.2 Å². The molecule has 10 heteroatoms. The molecule has 12 bridgehead atoms. The van der Waals surface area contributed by atoms with E-state index in [1.54, 1.807) is 0 Å². The van der Waals surface area contributed by atoms with E-state index in [9.17, 15) is 32.8 Å². The largest absolute Gasteiger partial charge is 0.465 e. The van der Waals surface area contributed by atoms with Crippen LogP contribution in [0.4, 0.5) is 8.78 Å². The average molecular weight is 725 g/mol. The predicted molar refractivity (Wildman–Crippen MR) is 180 cm³/mol. The van der Waals surface area contributed by atoms with Crippen molar-refractivity contribution in [3.63, 3.8) is 0 Å². The zero-order valence-corrected chi connectivity index (χ0v) is 30.6. The number of alkyl halides is 2. The van der Waals surface area contributed by atoms with Crippen LogP contribution >= 0.6 is 0 Å². The Bertz CT molecular complexity index is 1480. The lowest BCUT2D eigenvalue weighted by Crippen LogP contribution is -2.63. The summed E-state index contributed by atoms with van der Waals surface area (Å²) in [7, 11) is 0. The highest BCUT2D eigenvalue weighted by Crippen LogP contribution is 2.70. The van der Waals surface area contributed by atoms with Gasteiger partial charge in [0.25, 0.3) is 0 Å². The van der Waals surface area contributed by atoms with Gasteiger partial charge in [0.2, 0.25) is 0 Å². The van der Waals surface area contributed by atoms with Gasteiger partial charge in [-0.15, -0.1) is 0 Å². The van der Waals surface area contributed by atoms with Crippen LogP contribution in [0.15, 0.2) is 0 Å². The second-order valence-electron chi connectivity index (χ2n) is 20.7. The second kappa shape index (κ2) is 11.1. The molecular formula is C42H54F2O8. The molecule has 0 radical (unpaired) electrons. The summed E-state index contributed by atoms with van der Waals surface area (Å²) in [6.45, 7) is 0.966. The van der Waals surface area contributed by atoms with Crippen molar-refractivity contribution in [2.75, 3.05) is 13.2 Å².